The number of aromatic nitrogens is 1. The Kier molecular flexibility index (Phi) is 7.60. The lowest BCUT2D eigenvalue weighted by atomic mass is 9.99. The second-order valence-corrected chi connectivity index (χ2v) is 9.25. The number of hydrogen-bond donors (Lipinski definition) is 1. The van der Waals surface area contributed by atoms with Crippen LogP contribution in [0.3, 0.4) is 0 Å². The van der Waals surface area contributed by atoms with Gasteiger partial charge < -0.3 is 14.7 Å². The minimum atomic E-state index is -0.302. The Hall–Kier alpha value is -3.22. The van der Waals surface area contributed by atoms with Crippen LogP contribution in [0.1, 0.15) is 29.8 Å². The molecule has 3 aromatic rings. The van der Waals surface area contributed by atoms with E-state index in [0.29, 0.717) is 24.5 Å². The predicted octanol–water partition coefficient (Wildman–Crippen LogP) is 4.10. The van der Waals surface area contributed by atoms with E-state index in [1.165, 1.54) is 5.56 Å². The first kappa shape index (κ1) is 23.9. The molecule has 3 atom stereocenters. The number of pyridine rings is 1. The van der Waals surface area contributed by atoms with E-state index in [2.05, 4.69) is 36.0 Å². The quantitative estimate of drug-likeness (QED) is 0.576. The highest BCUT2D eigenvalue weighted by molar-refractivity contribution is 5.98. The van der Waals surface area contributed by atoms with Gasteiger partial charge in [0.1, 0.15) is 11.7 Å². The molecule has 2 heterocycles. The van der Waals surface area contributed by atoms with Crippen molar-refractivity contribution in [2.75, 3.05) is 26.7 Å². The third-order valence-corrected chi connectivity index (χ3v) is 6.42. The van der Waals surface area contributed by atoms with Gasteiger partial charge in [0, 0.05) is 37.3 Å². The Morgan fingerprint density at radius 3 is 2.47 bits per heavy atom. The number of likely N-dealkylation sites (N-methyl/N-ethyl adjacent to an activating group) is 1. The molecule has 1 aliphatic heterocycles. The van der Waals surface area contributed by atoms with Gasteiger partial charge in [0.25, 0.3) is 5.91 Å². The van der Waals surface area contributed by atoms with Crippen molar-refractivity contribution in [2.45, 2.75) is 32.5 Å². The molecule has 6 nitrogen and oxygen atoms in total. The van der Waals surface area contributed by atoms with Gasteiger partial charge in [0.15, 0.2) is 0 Å². The number of fused-ring (bicyclic) bond motifs is 1. The van der Waals surface area contributed by atoms with Crippen LogP contribution < -0.4 is 4.74 Å². The molecule has 178 valence electrons. The normalized spacial score (nSPS) is 19.2. The summed E-state index contributed by atoms with van der Waals surface area (Å²) in [5, 5.41) is 9.86. The van der Waals surface area contributed by atoms with Crippen molar-refractivity contribution in [3.05, 3.63) is 84.1 Å². The Labute approximate surface area is 201 Å². The molecule has 1 N–H and O–H groups in total. The van der Waals surface area contributed by atoms with Crippen molar-refractivity contribution in [1.82, 2.24) is 14.8 Å². The maximum absolute atomic E-state index is 13.6. The van der Waals surface area contributed by atoms with Gasteiger partial charge in [0.05, 0.1) is 12.6 Å². The molecule has 1 aromatic heterocycles. The van der Waals surface area contributed by atoms with Crippen molar-refractivity contribution < 1.29 is 14.6 Å². The molecule has 0 saturated heterocycles. The van der Waals surface area contributed by atoms with E-state index in [-0.39, 0.29) is 30.6 Å². The zero-order chi connectivity index (χ0) is 24.1. The molecule has 1 amide bonds. The highest BCUT2D eigenvalue weighted by Crippen LogP contribution is 2.30. The Balaban J connectivity index is 1.65. The fourth-order valence-electron chi connectivity index (χ4n) is 4.38. The number of ether oxygens (including phenoxy) is 1. The van der Waals surface area contributed by atoms with Crippen molar-refractivity contribution in [3.63, 3.8) is 0 Å². The molecule has 0 aliphatic carbocycles. The Bertz CT molecular complexity index is 1090. The molecule has 6 heteroatoms. The van der Waals surface area contributed by atoms with Gasteiger partial charge in [-0.25, -0.2) is 4.98 Å². The third kappa shape index (κ3) is 5.46. The largest absolute Gasteiger partial charge is 0.472 e. The Morgan fingerprint density at radius 2 is 1.79 bits per heavy atom. The lowest BCUT2D eigenvalue weighted by Gasteiger charge is -2.37. The third-order valence-electron chi connectivity index (χ3n) is 6.42. The van der Waals surface area contributed by atoms with Crippen LogP contribution in [0.25, 0.3) is 11.1 Å². The van der Waals surface area contributed by atoms with Crippen LogP contribution in [0.2, 0.25) is 0 Å². The average Bonchev–Trinajstić information content (AvgIpc) is 2.86. The molecule has 2 aromatic carbocycles. The second-order valence-electron chi connectivity index (χ2n) is 9.25. The molecule has 0 bridgehead atoms. The smallest absolute Gasteiger partial charge is 0.259 e. The molecule has 0 spiro atoms. The lowest BCUT2D eigenvalue weighted by molar-refractivity contribution is 0.0325. The molecule has 0 fully saturated rings. The molecule has 0 radical (unpaired) electrons. The van der Waals surface area contributed by atoms with E-state index >= 15 is 0 Å². The number of rotatable bonds is 7. The first-order valence-corrected chi connectivity index (χ1v) is 11.8. The van der Waals surface area contributed by atoms with Crippen LogP contribution >= 0.6 is 0 Å². The lowest BCUT2D eigenvalue weighted by Crippen LogP contribution is -2.49. The van der Waals surface area contributed by atoms with E-state index in [1.807, 2.05) is 61.5 Å². The van der Waals surface area contributed by atoms with Crippen LogP contribution in [0, 0.1) is 5.92 Å². The number of nitrogens with zero attached hydrogens (tertiary/aromatic N) is 3. The van der Waals surface area contributed by atoms with E-state index in [4.69, 9.17) is 4.74 Å². The minimum absolute atomic E-state index is 0.0555. The fourth-order valence-corrected chi connectivity index (χ4v) is 4.38. The van der Waals surface area contributed by atoms with E-state index in [1.54, 1.807) is 11.1 Å². The number of benzene rings is 2. The minimum Gasteiger partial charge on any atom is -0.472 e. The Morgan fingerprint density at radius 1 is 1.12 bits per heavy atom. The van der Waals surface area contributed by atoms with Gasteiger partial charge in [-0.1, -0.05) is 67.6 Å². The molecular weight excluding hydrogens is 426 g/mol. The number of amides is 1. The molecule has 4 rings (SSSR count). The van der Waals surface area contributed by atoms with Crippen LogP contribution in [0.15, 0.2) is 72.9 Å². The van der Waals surface area contributed by atoms with E-state index < -0.39 is 0 Å². The SMILES string of the molecule is C[C@@H]1CN([C@@H](C)CO)C(=O)c2cc(-c3ccccc3)cnc2O[C@@H]1CN(C)Cc1ccccc1. The first-order chi connectivity index (χ1) is 16.5. The van der Waals surface area contributed by atoms with Crippen molar-refractivity contribution >= 4 is 5.91 Å². The summed E-state index contributed by atoms with van der Waals surface area (Å²) in [7, 11) is 2.08. The van der Waals surface area contributed by atoms with E-state index in [9.17, 15) is 9.90 Å². The zero-order valence-electron chi connectivity index (χ0n) is 20.1. The van der Waals surface area contributed by atoms with Gasteiger partial charge >= 0.3 is 0 Å². The highest BCUT2D eigenvalue weighted by atomic mass is 16.5. The summed E-state index contributed by atoms with van der Waals surface area (Å²) in [5.74, 6) is 0.245. The summed E-state index contributed by atoms with van der Waals surface area (Å²) >= 11 is 0. The molecule has 0 unspecified atom stereocenters. The summed E-state index contributed by atoms with van der Waals surface area (Å²) in [5.41, 5.74) is 3.52. The fraction of sp³-hybridized carbons (Fsp3) is 0.357. The number of aliphatic hydroxyl groups is 1. The van der Waals surface area contributed by atoms with Crippen molar-refractivity contribution in [1.29, 1.82) is 0 Å². The molecule has 34 heavy (non-hydrogen) atoms. The number of hydrogen-bond acceptors (Lipinski definition) is 5. The van der Waals surface area contributed by atoms with Crippen molar-refractivity contribution in [2.24, 2.45) is 5.92 Å². The monoisotopic (exact) mass is 459 g/mol. The maximum Gasteiger partial charge on any atom is 0.259 e. The predicted molar refractivity (Wildman–Crippen MR) is 134 cm³/mol. The summed E-state index contributed by atoms with van der Waals surface area (Å²) < 4.78 is 6.42. The van der Waals surface area contributed by atoms with Gasteiger partial charge in [-0.05, 0) is 31.2 Å². The second kappa shape index (κ2) is 10.8. The maximum atomic E-state index is 13.6. The van der Waals surface area contributed by atoms with Crippen LogP contribution in [-0.4, -0.2) is 64.7 Å². The van der Waals surface area contributed by atoms with Crippen LogP contribution in [-0.2, 0) is 6.54 Å². The topological polar surface area (TPSA) is 65.9 Å². The van der Waals surface area contributed by atoms with E-state index in [0.717, 1.165) is 17.7 Å². The first-order valence-electron chi connectivity index (χ1n) is 11.8. The average molecular weight is 460 g/mol. The van der Waals surface area contributed by atoms with Crippen molar-refractivity contribution in [3.8, 4) is 17.0 Å². The number of carbonyl (C=O) groups is 1. The van der Waals surface area contributed by atoms with Gasteiger partial charge in [0.2, 0.25) is 5.88 Å². The number of carbonyl (C=O) groups excluding carboxylic acids is 1. The van der Waals surface area contributed by atoms with Crippen LogP contribution in [0.4, 0.5) is 0 Å². The van der Waals surface area contributed by atoms with Gasteiger partial charge in [-0.3, -0.25) is 9.69 Å². The highest BCUT2D eigenvalue weighted by Gasteiger charge is 2.34. The zero-order valence-corrected chi connectivity index (χ0v) is 20.1. The summed E-state index contributed by atoms with van der Waals surface area (Å²) in [6.45, 7) is 5.86. The van der Waals surface area contributed by atoms with Gasteiger partial charge in [-0.15, -0.1) is 0 Å². The summed E-state index contributed by atoms with van der Waals surface area (Å²) in [4.78, 5) is 22.2. The standard InChI is InChI=1S/C28H33N3O3/c1-20-16-31(21(2)19-32)28(33)25-14-24(23-12-8-5-9-13-23)15-29-27(25)34-26(20)18-30(3)17-22-10-6-4-7-11-22/h4-15,20-21,26,32H,16-19H2,1-3H3/t20-,21+,26-/m1/s1. The van der Waals surface area contributed by atoms with Gasteiger partial charge in [-0.2, -0.15) is 0 Å². The molecule has 0 saturated carbocycles. The van der Waals surface area contributed by atoms with Crippen LogP contribution in [0.5, 0.6) is 5.88 Å². The molecule has 1 aliphatic rings. The summed E-state index contributed by atoms with van der Waals surface area (Å²) in [6.07, 6.45) is 1.60. The number of aliphatic hydroxyl groups excluding tert-OH is 1. The molecular formula is C28H33N3O3. The summed E-state index contributed by atoms with van der Waals surface area (Å²) in [6, 6.07) is 21.8.